The summed E-state index contributed by atoms with van der Waals surface area (Å²) in [5, 5.41) is 8.35. The van der Waals surface area contributed by atoms with Crippen LogP contribution in [0.25, 0.3) is 0 Å². The molecule has 64 valence electrons. The predicted molar refractivity (Wildman–Crippen MR) is 40.1 cm³/mol. The third kappa shape index (κ3) is 2.01. The second-order valence-corrected chi connectivity index (χ2v) is 2.50. The third-order valence-electron chi connectivity index (χ3n) is 1.91. The number of nitrogens with two attached hydrogens (primary N) is 1. The number of carboxylic acid groups (broad SMARTS) is 1. The summed E-state index contributed by atoms with van der Waals surface area (Å²) in [6, 6.07) is 0. The maximum atomic E-state index is 10.9. The van der Waals surface area contributed by atoms with Crippen LogP contribution in [-0.2, 0) is 9.59 Å². The van der Waals surface area contributed by atoms with Crippen LogP contribution in [0, 0.1) is 0 Å². The lowest BCUT2D eigenvalue weighted by Crippen LogP contribution is -2.50. The van der Waals surface area contributed by atoms with Crippen LogP contribution in [0.4, 0.5) is 0 Å². The van der Waals surface area contributed by atoms with Crippen molar-refractivity contribution in [3.8, 4) is 0 Å². The number of Topliss-reactive ketones (excluding diaryl/α,β-unsaturated/α-hetero) is 1. The molecule has 0 aliphatic carbocycles. The van der Waals surface area contributed by atoms with Gasteiger partial charge in [-0.05, 0) is 12.8 Å². The first-order valence-electron chi connectivity index (χ1n) is 3.54. The summed E-state index contributed by atoms with van der Waals surface area (Å²) in [7, 11) is 0. The average molecular weight is 159 g/mol. The molecule has 0 atom stereocenters. The molecule has 0 bridgehead atoms. The number of rotatable bonds is 4. The first kappa shape index (κ1) is 10.1. The molecule has 0 fully saturated rings. The Morgan fingerprint density at radius 3 is 1.82 bits per heavy atom. The van der Waals surface area contributed by atoms with Gasteiger partial charge in [-0.3, -0.25) is 4.79 Å². The van der Waals surface area contributed by atoms with Crippen molar-refractivity contribution in [3.05, 3.63) is 0 Å². The molecule has 0 spiro atoms. The Morgan fingerprint density at radius 1 is 1.36 bits per heavy atom. The van der Waals surface area contributed by atoms with Gasteiger partial charge in [-0.1, -0.05) is 13.8 Å². The Balaban J connectivity index is 4.50. The van der Waals surface area contributed by atoms with Gasteiger partial charge in [0.1, 0.15) is 0 Å². The fraction of sp³-hybridized carbons (Fsp3) is 0.714. The van der Waals surface area contributed by atoms with Gasteiger partial charge in [-0.15, -0.1) is 0 Å². The van der Waals surface area contributed by atoms with Gasteiger partial charge in [0, 0.05) is 0 Å². The van der Waals surface area contributed by atoms with E-state index >= 15 is 0 Å². The lowest BCUT2D eigenvalue weighted by molar-refractivity contribution is -0.151. The molecule has 11 heavy (non-hydrogen) atoms. The number of carbonyl (C=O) groups is 2. The first-order valence-corrected chi connectivity index (χ1v) is 3.54. The maximum Gasteiger partial charge on any atom is 0.374 e. The van der Waals surface area contributed by atoms with E-state index in [1.807, 2.05) is 0 Å². The van der Waals surface area contributed by atoms with E-state index in [-0.39, 0.29) is 0 Å². The van der Waals surface area contributed by atoms with Gasteiger partial charge in [0.05, 0.1) is 5.54 Å². The van der Waals surface area contributed by atoms with Gasteiger partial charge >= 0.3 is 5.97 Å². The highest BCUT2D eigenvalue weighted by molar-refractivity contribution is 6.36. The molecular formula is C7H13NO3. The summed E-state index contributed by atoms with van der Waals surface area (Å²) in [4.78, 5) is 21.1. The summed E-state index contributed by atoms with van der Waals surface area (Å²) in [5.41, 5.74) is 4.34. The van der Waals surface area contributed by atoms with Gasteiger partial charge in [-0.25, -0.2) is 4.79 Å². The largest absolute Gasteiger partial charge is 0.475 e. The average Bonchev–Trinajstić information content (AvgIpc) is 2.01. The van der Waals surface area contributed by atoms with Crippen molar-refractivity contribution < 1.29 is 14.7 Å². The highest BCUT2D eigenvalue weighted by Crippen LogP contribution is 2.12. The number of carboxylic acids is 1. The van der Waals surface area contributed by atoms with Crippen molar-refractivity contribution in [2.24, 2.45) is 5.73 Å². The molecule has 4 nitrogen and oxygen atoms in total. The van der Waals surface area contributed by atoms with Crippen molar-refractivity contribution in [3.63, 3.8) is 0 Å². The molecule has 0 saturated carbocycles. The van der Waals surface area contributed by atoms with E-state index in [1.165, 1.54) is 0 Å². The van der Waals surface area contributed by atoms with Gasteiger partial charge in [-0.2, -0.15) is 0 Å². The smallest absolute Gasteiger partial charge is 0.374 e. The predicted octanol–water partition coefficient (Wildman–Crippen LogP) is 0.158. The number of hydrogen-bond acceptors (Lipinski definition) is 3. The minimum Gasteiger partial charge on any atom is -0.475 e. The Kier molecular flexibility index (Phi) is 3.19. The second-order valence-electron chi connectivity index (χ2n) is 2.50. The monoisotopic (exact) mass is 159 g/mol. The zero-order valence-corrected chi connectivity index (χ0v) is 6.76. The maximum absolute atomic E-state index is 10.9. The number of ketones is 1. The van der Waals surface area contributed by atoms with E-state index < -0.39 is 17.3 Å². The van der Waals surface area contributed by atoms with Crippen LogP contribution < -0.4 is 5.73 Å². The van der Waals surface area contributed by atoms with Crippen molar-refractivity contribution in [1.82, 2.24) is 0 Å². The molecule has 0 heterocycles. The summed E-state index contributed by atoms with van der Waals surface area (Å²) in [5.74, 6) is -2.35. The fourth-order valence-corrected chi connectivity index (χ4v) is 0.784. The second kappa shape index (κ2) is 3.48. The van der Waals surface area contributed by atoms with Gasteiger partial charge in [0.25, 0.3) is 5.78 Å². The van der Waals surface area contributed by atoms with Crippen molar-refractivity contribution >= 4 is 11.8 Å². The Labute approximate surface area is 65.4 Å². The van der Waals surface area contributed by atoms with Crippen LogP contribution >= 0.6 is 0 Å². The zero-order valence-electron chi connectivity index (χ0n) is 6.76. The SMILES string of the molecule is CCC(N)(CC)C(=O)C(=O)O. The van der Waals surface area contributed by atoms with E-state index in [2.05, 4.69) is 0 Å². The lowest BCUT2D eigenvalue weighted by atomic mass is 9.89. The minimum atomic E-state index is -1.45. The summed E-state index contributed by atoms with van der Waals surface area (Å²) in [6.07, 6.45) is 0.712. The molecule has 0 aromatic carbocycles. The lowest BCUT2D eigenvalue weighted by Gasteiger charge is -2.21. The quantitative estimate of drug-likeness (QED) is 0.572. The summed E-state index contributed by atoms with van der Waals surface area (Å²) in [6.45, 7) is 3.40. The first-order chi connectivity index (χ1) is 4.98. The zero-order chi connectivity index (χ0) is 9.07. The molecule has 0 amide bonds. The summed E-state index contributed by atoms with van der Waals surface area (Å²) >= 11 is 0. The number of hydrogen-bond donors (Lipinski definition) is 2. The van der Waals surface area contributed by atoms with Crippen LogP contribution in [0.15, 0.2) is 0 Å². The molecule has 0 radical (unpaired) electrons. The van der Waals surface area contributed by atoms with Crippen molar-refractivity contribution in [1.29, 1.82) is 0 Å². The molecular weight excluding hydrogens is 146 g/mol. The topological polar surface area (TPSA) is 80.4 Å². The molecule has 4 heteroatoms. The molecule has 0 aromatic heterocycles. The third-order valence-corrected chi connectivity index (χ3v) is 1.91. The molecule has 0 aromatic rings. The Morgan fingerprint density at radius 2 is 1.73 bits per heavy atom. The van der Waals surface area contributed by atoms with Gasteiger partial charge in [0.15, 0.2) is 0 Å². The fourth-order valence-electron chi connectivity index (χ4n) is 0.784. The summed E-state index contributed by atoms with van der Waals surface area (Å²) < 4.78 is 0. The van der Waals surface area contributed by atoms with Crippen molar-refractivity contribution in [2.75, 3.05) is 0 Å². The molecule has 0 saturated heterocycles. The number of carbonyl (C=O) groups excluding carboxylic acids is 1. The molecule has 3 N–H and O–H groups in total. The number of aliphatic carboxylic acids is 1. The molecule has 0 rings (SSSR count). The van der Waals surface area contributed by atoms with Crippen LogP contribution in [0.1, 0.15) is 26.7 Å². The molecule has 0 unspecified atom stereocenters. The minimum absolute atomic E-state index is 0.356. The van der Waals surface area contributed by atoms with E-state index in [4.69, 9.17) is 10.8 Å². The highest BCUT2D eigenvalue weighted by atomic mass is 16.4. The van der Waals surface area contributed by atoms with E-state index in [9.17, 15) is 9.59 Å². The standard InChI is InChI=1S/C7H13NO3/c1-3-7(8,4-2)5(9)6(10)11/h3-4,8H2,1-2H3,(H,10,11). The molecule has 0 aliphatic rings. The van der Waals surface area contributed by atoms with Crippen LogP contribution in [0.5, 0.6) is 0 Å². The van der Waals surface area contributed by atoms with Crippen LogP contribution in [0.3, 0.4) is 0 Å². The Bertz CT molecular complexity index is 173. The van der Waals surface area contributed by atoms with Gasteiger partial charge < -0.3 is 10.8 Å². The van der Waals surface area contributed by atoms with Crippen LogP contribution in [0.2, 0.25) is 0 Å². The van der Waals surface area contributed by atoms with E-state index in [1.54, 1.807) is 13.8 Å². The highest BCUT2D eigenvalue weighted by Gasteiger charge is 2.34. The van der Waals surface area contributed by atoms with Crippen LogP contribution in [-0.4, -0.2) is 22.4 Å². The normalized spacial score (nSPS) is 11.2. The van der Waals surface area contributed by atoms with E-state index in [0.29, 0.717) is 12.8 Å². The van der Waals surface area contributed by atoms with Gasteiger partial charge in [0.2, 0.25) is 0 Å². The van der Waals surface area contributed by atoms with Crippen molar-refractivity contribution in [2.45, 2.75) is 32.2 Å². The molecule has 0 aliphatic heterocycles. The van der Waals surface area contributed by atoms with E-state index in [0.717, 1.165) is 0 Å². The Hall–Kier alpha value is -0.900.